The van der Waals surface area contributed by atoms with Crippen LogP contribution >= 0.6 is 0 Å². The molecule has 1 amide bonds. The van der Waals surface area contributed by atoms with E-state index in [2.05, 4.69) is 5.32 Å². The van der Waals surface area contributed by atoms with Crippen molar-refractivity contribution in [2.75, 3.05) is 0 Å². The number of hydrogen-bond donors (Lipinski definition) is 2. The molecule has 4 heteroatoms. The molecule has 80 valence electrons. The van der Waals surface area contributed by atoms with Gasteiger partial charge in [-0.25, -0.2) is 0 Å². The number of fused-ring (bicyclic) bond motifs is 2. The summed E-state index contributed by atoms with van der Waals surface area (Å²) in [7, 11) is 0. The van der Waals surface area contributed by atoms with Crippen LogP contribution < -0.4 is 11.1 Å². The summed E-state index contributed by atoms with van der Waals surface area (Å²) in [4.78, 5) is 11.5. The third-order valence-corrected chi connectivity index (χ3v) is 3.21. The average molecular weight is 198 g/mol. The molecule has 0 radical (unpaired) electrons. The molecule has 2 aliphatic heterocycles. The highest BCUT2D eigenvalue weighted by molar-refractivity contribution is 5.81. The Kier molecular flexibility index (Phi) is 2.74. The molecule has 14 heavy (non-hydrogen) atoms. The largest absolute Gasteiger partial charge is 0.373 e. The van der Waals surface area contributed by atoms with Crippen molar-refractivity contribution in [3.63, 3.8) is 0 Å². The SMILES string of the molecule is CCC(N)C(=O)NC1CC2CCC1O2. The zero-order chi connectivity index (χ0) is 10.1. The number of nitrogens with two attached hydrogens (primary N) is 1. The van der Waals surface area contributed by atoms with Crippen molar-refractivity contribution in [1.29, 1.82) is 0 Å². The molecule has 2 saturated heterocycles. The molecule has 2 heterocycles. The van der Waals surface area contributed by atoms with Crippen molar-refractivity contribution in [3.05, 3.63) is 0 Å². The van der Waals surface area contributed by atoms with E-state index in [9.17, 15) is 4.79 Å². The van der Waals surface area contributed by atoms with Crippen molar-refractivity contribution in [3.8, 4) is 0 Å². The van der Waals surface area contributed by atoms with E-state index in [1.54, 1.807) is 0 Å². The topological polar surface area (TPSA) is 64.4 Å². The van der Waals surface area contributed by atoms with Gasteiger partial charge in [-0.05, 0) is 25.7 Å². The summed E-state index contributed by atoms with van der Waals surface area (Å²) in [6.45, 7) is 1.92. The number of amides is 1. The first-order valence-corrected chi connectivity index (χ1v) is 5.42. The summed E-state index contributed by atoms with van der Waals surface area (Å²) < 4.78 is 5.64. The molecule has 0 aliphatic carbocycles. The highest BCUT2D eigenvalue weighted by Gasteiger charge is 2.41. The number of rotatable bonds is 3. The van der Waals surface area contributed by atoms with Crippen LogP contribution in [-0.4, -0.2) is 30.2 Å². The molecule has 2 rings (SSSR count). The predicted octanol–water partition coefficient (Wildman–Crippen LogP) is 0.160. The van der Waals surface area contributed by atoms with Gasteiger partial charge >= 0.3 is 0 Å². The number of carbonyl (C=O) groups is 1. The Hall–Kier alpha value is -0.610. The maximum absolute atomic E-state index is 11.5. The Morgan fingerprint density at radius 1 is 1.64 bits per heavy atom. The summed E-state index contributed by atoms with van der Waals surface area (Å²) >= 11 is 0. The van der Waals surface area contributed by atoms with Gasteiger partial charge in [0, 0.05) is 0 Å². The molecule has 4 atom stereocenters. The summed E-state index contributed by atoms with van der Waals surface area (Å²) in [6.07, 6.45) is 4.50. The smallest absolute Gasteiger partial charge is 0.237 e. The lowest BCUT2D eigenvalue weighted by molar-refractivity contribution is -0.123. The molecule has 0 aromatic heterocycles. The van der Waals surface area contributed by atoms with Crippen LogP contribution in [0, 0.1) is 0 Å². The van der Waals surface area contributed by atoms with Crippen LogP contribution in [0.15, 0.2) is 0 Å². The quantitative estimate of drug-likeness (QED) is 0.679. The molecule has 0 aromatic carbocycles. The average Bonchev–Trinajstić information content (AvgIpc) is 2.77. The molecule has 4 nitrogen and oxygen atoms in total. The summed E-state index contributed by atoms with van der Waals surface area (Å²) in [5.41, 5.74) is 5.64. The van der Waals surface area contributed by atoms with E-state index in [0.717, 1.165) is 19.3 Å². The number of hydrogen-bond acceptors (Lipinski definition) is 3. The second-order valence-corrected chi connectivity index (χ2v) is 4.24. The maximum atomic E-state index is 11.5. The van der Waals surface area contributed by atoms with Crippen molar-refractivity contribution in [2.45, 2.75) is 56.9 Å². The first-order chi connectivity index (χ1) is 6.70. The van der Waals surface area contributed by atoms with Crippen LogP contribution in [-0.2, 0) is 9.53 Å². The summed E-state index contributed by atoms with van der Waals surface area (Å²) in [6, 6.07) is -0.159. The fraction of sp³-hybridized carbons (Fsp3) is 0.900. The van der Waals surface area contributed by atoms with Crippen LogP contribution in [0.1, 0.15) is 32.6 Å². The van der Waals surface area contributed by atoms with E-state index in [0.29, 0.717) is 12.5 Å². The molecular weight excluding hydrogens is 180 g/mol. The van der Waals surface area contributed by atoms with Gasteiger partial charge in [0.05, 0.1) is 24.3 Å². The zero-order valence-corrected chi connectivity index (χ0v) is 8.53. The highest BCUT2D eigenvalue weighted by Crippen LogP contribution is 2.34. The molecular formula is C10H18N2O2. The van der Waals surface area contributed by atoms with Crippen LogP contribution in [0.5, 0.6) is 0 Å². The molecule has 2 fully saturated rings. The predicted molar refractivity (Wildman–Crippen MR) is 52.7 cm³/mol. The summed E-state index contributed by atoms with van der Waals surface area (Å²) in [5.74, 6) is -0.0337. The van der Waals surface area contributed by atoms with Gasteiger partial charge in [-0.15, -0.1) is 0 Å². The van der Waals surface area contributed by atoms with Gasteiger partial charge in [-0.1, -0.05) is 6.92 Å². The van der Waals surface area contributed by atoms with Crippen LogP contribution in [0.25, 0.3) is 0 Å². The van der Waals surface area contributed by atoms with Crippen LogP contribution in [0.2, 0.25) is 0 Å². The Labute approximate surface area is 84.2 Å². The fourth-order valence-electron chi connectivity index (χ4n) is 2.26. The van der Waals surface area contributed by atoms with Gasteiger partial charge in [0.2, 0.25) is 5.91 Å². The van der Waals surface area contributed by atoms with Crippen molar-refractivity contribution in [2.24, 2.45) is 5.73 Å². The monoisotopic (exact) mass is 198 g/mol. The minimum atomic E-state index is -0.367. The van der Waals surface area contributed by atoms with Gasteiger partial charge in [0.1, 0.15) is 0 Å². The Bertz CT molecular complexity index is 232. The Morgan fingerprint density at radius 3 is 2.93 bits per heavy atom. The highest BCUT2D eigenvalue weighted by atomic mass is 16.5. The summed E-state index contributed by atoms with van der Waals surface area (Å²) in [5, 5.41) is 2.97. The minimum absolute atomic E-state index is 0.0337. The van der Waals surface area contributed by atoms with Crippen molar-refractivity contribution >= 4 is 5.91 Å². The Balaban J connectivity index is 1.84. The lowest BCUT2D eigenvalue weighted by Crippen LogP contribution is -2.48. The minimum Gasteiger partial charge on any atom is -0.373 e. The molecule has 3 N–H and O–H groups in total. The van der Waals surface area contributed by atoms with Crippen molar-refractivity contribution in [1.82, 2.24) is 5.32 Å². The van der Waals surface area contributed by atoms with E-state index < -0.39 is 0 Å². The molecule has 2 aliphatic rings. The van der Waals surface area contributed by atoms with E-state index >= 15 is 0 Å². The van der Waals surface area contributed by atoms with Gasteiger partial charge in [-0.3, -0.25) is 4.79 Å². The molecule has 2 bridgehead atoms. The molecule has 0 aromatic rings. The Morgan fingerprint density at radius 2 is 2.43 bits per heavy atom. The van der Waals surface area contributed by atoms with E-state index in [4.69, 9.17) is 10.5 Å². The van der Waals surface area contributed by atoms with Gasteiger partial charge in [-0.2, -0.15) is 0 Å². The number of nitrogens with one attached hydrogen (secondary N) is 1. The maximum Gasteiger partial charge on any atom is 0.237 e. The van der Waals surface area contributed by atoms with Gasteiger partial charge in [0.15, 0.2) is 0 Å². The lowest BCUT2D eigenvalue weighted by Gasteiger charge is -2.21. The van der Waals surface area contributed by atoms with Crippen LogP contribution in [0.4, 0.5) is 0 Å². The standard InChI is InChI=1S/C10H18N2O2/c1-2-7(11)10(13)12-8-5-6-3-4-9(8)14-6/h6-9H,2-5,11H2,1H3,(H,12,13). The third kappa shape index (κ3) is 1.77. The van der Waals surface area contributed by atoms with E-state index in [-0.39, 0.29) is 24.1 Å². The second-order valence-electron chi connectivity index (χ2n) is 4.24. The fourth-order valence-corrected chi connectivity index (χ4v) is 2.26. The molecule has 4 unspecified atom stereocenters. The van der Waals surface area contributed by atoms with E-state index in [1.807, 2.05) is 6.92 Å². The number of ether oxygens (including phenoxy) is 1. The van der Waals surface area contributed by atoms with E-state index in [1.165, 1.54) is 0 Å². The first-order valence-electron chi connectivity index (χ1n) is 5.42. The van der Waals surface area contributed by atoms with Crippen LogP contribution in [0.3, 0.4) is 0 Å². The van der Waals surface area contributed by atoms with Gasteiger partial charge in [0.25, 0.3) is 0 Å². The second kappa shape index (κ2) is 3.87. The molecule has 0 saturated carbocycles. The first kappa shape index (κ1) is 9.93. The lowest BCUT2D eigenvalue weighted by atomic mass is 9.95. The third-order valence-electron chi connectivity index (χ3n) is 3.21. The number of carbonyl (C=O) groups excluding carboxylic acids is 1. The van der Waals surface area contributed by atoms with Gasteiger partial charge < -0.3 is 15.8 Å². The van der Waals surface area contributed by atoms with Crippen molar-refractivity contribution < 1.29 is 9.53 Å². The molecule has 0 spiro atoms. The normalized spacial score (nSPS) is 37.1. The zero-order valence-electron chi connectivity index (χ0n) is 8.53.